The molecular formula is C8H9N3O2S. The van der Waals surface area contributed by atoms with Gasteiger partial charge in [0.1, 0.15) is 11.1 Å². The van der Waals surface area contributed by atoms with Crippen molar-refractivity contribution in [3.63, 3.8) is 0 Å². The summed E-state index contributed by atoms with van der Waals surface area (Å²) in [6, 6.07) is 1.90. The van der Waals surface area contributed by atoms with E-state index in [1.165, 1.54) is 24.2 Å². The second-order valence-corrected chi connectivity index (χ2v) is 3.48. The number of nitriles is 1. The van der Waals surface area contributed by atoms with Crippen molar-refractivity contribution in [1.29, 1.82) is 5.26 Å². The van der Waals surface area contributed by atoms with Gasteiger partial charge >= 0.3 is 0 Å². The molecule has 0 aliphatic heterocycles. The van der Waals surface area contributed by atoms with Crippen LogP contribution >= 0.6 is 11.8 Å². The number of thioether (sulfide) groups is 1. The number of aliphatic hydroxyl groups is 2. The van der Waals surface area contributed by atoms with Crippen molar-refractivity contribution < 1.29 is 10.2 Å². The van der Waals surface area contributed by atoms with Crippen LogP contribution in [-0.4, -0.2) is 38.6 Å². The largest absolute Gasteiger partial charge is 0.394 e. The molecule has 1 rings (SSSR count). The van der Waals surface area contributed by atoms with E-state index in [-0.39, 0.29) is 12.3 Å². The van der Waals surface area contributed by atoms with Crippen molar-refractivity contribution in [2.24, 2.45) is 0 Å². The van der Waals surface area contributed by atoms with Crippen LogP contribution in [-0.2, 0) is 0 Å². The van der Waals surface area contributed by atoms with E-state index in [9.17, 15) is 0 Å². The van der Waals surface area contributed by atoms with E-state index in [1.807, 2.05) is 6.07 Å². The fraction of sp³-hybridized carbons (Fsp3) is 0.375. The first-order chi connectivity index (χ1) is 6.77. The number of aliphatic hydroxyl groups excluding tert-OH is 2. The lowest BCUT2D eigenvalue weighted by molar-refractivity contribution is 0.113. The minimum Gasteiger partial charge on any atom is -0.394 e. The Labute approximate surface area is 85.4 Å². The van der Waals surface area contributed by atoms with Gasteiger partial charge in [0.2, 0.25) is 0 Å². The molecule has 0 saturated carbocycles. The first-order valence-corrected chi connectivity index (χ1v) is 4.89. The zero-order valence-electron chi connectivity index (χ0n) is 7.29. The molecule has 1 aromatic rings. The Balaban J connectivity index is 2.63. The Bertz CT molecular complexity index is 340. The normalized spacial score (nSPS) is 12.1. The average Bonchev–Trinajstić information content (AvgIpc) is 2.26. The van der Waals surface area contributed by atoms with Gasteiger partial charge in [-0.2, -0.15) is 5.26 Å². The van der Waals surface area contributed by atoms with Crippen LogP contribution in [0, 0.1) is 11.3 Å². The van der Waals surface area contributed by atoms with Crippen molar-refractivity contribution >= 4 is 11.8 Å². The molecule has 0 spiro atoms. The monoisotopic (exact) mass is 211 g/mol. The molecular weight excluding hydrogens is 202 g/mol. The molecule has 0 saturated heterocycles. The SMILES string of the molecule is N#Cc1nccnc1SCC(O)CO. The highest BCUT2D eigenvalue weighted by Gasteiger charge is 2.08. The van der Waals surface area contributed by atoms with Crippen molar-refractivity contribution in [2.45, 2.75) is 11.1 Å². The van der Waals surface area contributed by atoms with E-state index < -0.39 is 6.10 Å². The second kappa shape index (κ2) is 5.54. The molecule has 0 fully saturated rings. The third kappa shape index (κ3) is 2.96. The van der Waals surface area contributed by atoms with Gasteiger partial charge in [-0.1, -0.05) is 0 Å². The van der Waals surface area contributed by atoms with Crippen molar-refractivity contribution in [1.82, 2.24) is 9.97 Å². The van der Waals surface area contributed by atoms with Crippen LogP contribution in [0.3, 0.4) is 0 Å². The summed E-state index contributed by atoms with van der Waals surface area (Å²) in [6.07, 6.45) is 2.12. The number of rotatable bonds is 4. The standard InChI is InChI=1S/C8H9N3O2S/c9-3-7-8(11-2-1-10-7)14-5-6(13)4-12/h1-2,6,12-13H,4-5H2. The Hall–Kier alpha value is -1.16. The minimum atomic E-state index is -0.798. The first kappa shape index (κ1) is 10.9. The maximum atomic E-state index is 9.08. The van der Waals surface area contributed by atoms with Gasteiger partial charge in [-0.3, -0.25) is 0 Å². The summed E-state index contributed by atoms with van der Waals surface area (Å²) in [6.45, 7) is -0.296. The zero-order valence-corrected chi connectivity index (χ0v) is 8.11. The second-order valence-electron chi connectivity index (χ2n) is 2.47. The third-order valence-electron chi connectivity index (χ3n) is 1.39. The van der Waals surface area contributed by atoms with Crippen LogP contribution in [0.1, 0.15) is 5.69 Å². The molecule has 1 unspecified atom stereocenters. The lowest BCUT2D eigenvalue weighted by Crippen LogP contribution is -2.14. The number of aromatic nitrogens is 2. The van der Waals surface area contributed by atoms with E-state index in [0.29, 0.717) is 10.8 Å². The first-order valence-electron chi connectivity index (χ1n) is 3.90. The summed E-state index contributed by atoms with van der Waals surface area (Å²) in [4.78, 5) is 7.75. The molecule has 6 heteroatoms. The molecule has 0 bridgehead atoms. The Kier molecular flexibility index (Phi) is 4.32. The van der Waals surface area contributed by atoms with Gasteiger partial charge in [0.15, 0.2) is 5.69 Å². The molecule has 2 N–H and O–H groups in total. The van der Waals surface area contributed by atoms with E-state index in [2.05, 4.69) is 9.97 Å². The van der Waals surface area contributed by atoms with Crippen LogP contribution in [0.25, 0.3) is 0 Å². The van der Waals surface area contributed by atoms with E-state index in [4.69, 9.17) is 15.5 Å². The summed E-state index contributed by atoms with van der Waals surface area (Å²) in [5.74, 6) is 0.296. The summed E-state index contributed by atoms with van der Waals surface area (Å²) in [5, 5.41) is 26.8. The summed E-state index contributed by atoms with van der Waals surface area (Å²) in [5.41, 5.74) is 0.239. The Morgan fingerprint density at radius 1 is 1.50 bits per heavy atom. The maximum absolute atomic E-state index is 9.08. The molecule has 0 radical (unpaired) electrons. The molecule has 74 valence electrons. The van der Waals surface area contributed by atoms with Crippen LogP contribution < -0.4 is 0 Å². The van der Waals surface area contributed by atoms with Gasteiger partial charge < -0.3 is 10.2 Å². The van der Waals surface area contributed by atoms with Crippen molar-refractivity contribution in [2.75, 3.05) is 12.4 Å². The molecule has 0 aliphatic rings. The molecule has 1 heterocycles. The van der Waals surface area contributed by atoms with Crippen molar-refractivity contribution in [3.05, 3.63) is 18.1 Å². The Morgan fingerprint density at radius 2 is 2.21 bits per heavy atom. The molecule has 0 aromatic carbocycles. The summed E-state index contributed by atoms with van der Waals surface area (Å²) >= 11 is 1.20. The quantitative estimate of drug-likeness (QED) is 0.670. The Morgan fingerprint density at radius 3 is 2.86 bits per heavy atom. The van der Waals surface area contributed by atoms with Gasteiger partial charge in [0.05, 0.1) is 12.7 Å². The van der Waals surface area contributed by atoms with Gasteiger partial charge in [-0.05, 0) is 0 Å². The number of nitrogens with zero attached hydrogens (tertiary/aromatic N) is 3. The van der Waals surface area contributed by atoms with Crippen LogP contribution in [0.5, 0.6) is 0 Å². The van der Waals surface area contributed by atoms with Crippen LogP contribution in [0.4, 0.5) is 0 Å². The smallest absolute Gasteiger partial charge is 0.172 e. The highest BCUT2D eigenvalue weighted by atomic mass is 32.2. The maximum Gasteiger partial charge on any atom is 0.172 e. The van der Waals surface area contributed by atoms with Gasteiger partial charge in [0, 0.05) is 18.1 Å². The molecule has 14 heavy (non-hydrogen) atoms. The highest BCUT2D eigenvalue weighted by molar-refractivity contribution is 7.99. The lowest BCUT2D eigenvalue weighted by atomic mass is 10.4. The van der Waals surface area contributed by atoms with Gasteiger partial charge in [0.25, 0.3) is 0 Å². The molecule has 0 amide bonds. The zero-order chi connectivity index (χ0) is 10.4. The molecule has 0 aliphatic carbocycles. The van der Waals surface area contributed by atoms with Gasteiger partial charge in [-0.25, -0.2) is 9.97 Å². The minimum absolute atomic E-state index is 0.239. The van der Waals surface area contributed by atoms with E-state index in [1.54, 1.807) is 0 Å². The predicted octanol–water partition coefficient (Wildman–Crippen LogP) is -0.206. The number of hydrogen-bond donors (Lipinski definition) is 2. The molecule has 1 atom stereocenters. The van der Waals surface area contributed by atoms with E-state index >= 15 is 0 Å². The van der Waals surface area contributed by atoms with Crippen molar-refractivity contribution in [3.8, 4) is 6.07 Å². The third-order valence-corrected chi connectivity index (χ3v) is 2.52. The summed E-state index contributed by atoms with van der Waals surface area (Å²) < 4.78 is 0. The number of hydrogen-bond acceptors (Lipinski definition) is 6. The van der Waals surface area contributed by atoms with E-state index in [0.717, 1.165) is 0 Å². The lowest BCUT2D eigenvalue weighted by Gasteiger charge is -2.05. The topological polar surface area (TPSA) is 90.0 Å². The summed E-state index contributed by atoms with van der Waals surface area (Å²) in [7, 11) is 0. The molecule has 5 nitrogen and oxygen atoms in total. The van der Waals surface area contributed by atoms with Crippen LogP contribution in [0.2, 0.25) is 0 Å². The van der Waals surface area contributed by atoms with Crippen LogP contribution in [0.15, 0.2) is 17.4 Å². The highest BCUT2D eigenvalue weighted by Crippen LogP contribution is 2.18. The van der Waals surface area contributed by atoms with Gasteiger partial charge in [-0.15, -0.1) is 11.8 Å². The average molecular weight is 211 g/mol. The fourth-order valence-electron chi connectivity index (χ4n) is 0.735. The fourth-order valence-corrected chi connectivity index (χ4v) is 1.56. The predicted molar refractivity (Wildman–Crippen MR) is 50.6 cm³/mol. The molecule has 1 aromatic heterocycles.